The monoisotopic (exact) mass is 375 g/mol. The van der Waals surface area contributed by atoms with E-state index >= 15 is 0 Å². The zero-order chi connectivity index (χ0) is 17.1. The summed E-state index contributed by atoms with van der Waals surface area (Å²) in [6.45, 7) is 1.31. The van der Waals surface area contributed by atoms with Gasteiger partial charge in [0, 0.05) is 10.6 Å². The third-order valence-corrected chi connectivity index (χ3v) is 4.22. The van der Waals surface area contributed by atoms with E-state index in [1.807, 2.05) is 0 Å². The molecule has 1 aliphatic heterocycles. The molecule has 1 heterocycles. The molecule has 0 aromatic heterocycles. The molecule has 1 N–H and O–H groups in total. The largest absolute Gasteiger partial charge is 0.506 e. The van der Waals surface area contributed by atoms with E-state index in [4.69, 9.17) is 27.9 Å². The zero-order valence-corrected chi connectivity index (χ0v) is 14.2. The Balaban J connectivity index is 2.27. The normalized spacial score (nSPS) is 16.3. The topological polar surface area (TPSA) is 83.9 Å². The minimum absolute atomic E-state index is 0.0227. The molecule has 6 nitrogen and oxygen atoms in total. The summed E-state index contributed by atoms with van der Waals surface area (Å²) in [4.78, 5) is 36.3. The van der Waals surface area contributed by atoms with Crippen LogP contribution in [0.25, 0.3) is 6.08 Å². The lowest BCUT2D eigenvalue weighted by molar-refractivity contribution is -0.145. The Morgan fingerprint density at radius 3 is 2.74 bits per heavy atom. The molecular formula is C14H11Cl2NO5S. The van der Waals surface area contributed by atoms with Crippen LogP contribution in [-0.4, -0.2) is 40.3 Å². The molecule has 0 atom stereocenters. The maximum atomic E-state index is 12.2. The number of phenolic OH excluding ortho intramolecular Hbond substituents is 1. The van der Waals surface area contributed by atoms with Crippen molar-refractivity contribution < 1.29 is 24.2 Å². The fourth-order valence-corrected chi connectivity index (χ4v) is 3.15. The Bertz CT molecular complexity index is 719. The number of rotatable bonds is 4. The Hall–Kier alpha value is -1.70. The van der Waals surface area contributed by atoms with Crippen LogP contribution in [0.1, 0.15) is 12.5 Å². The highest BCUT2D eigenvalue weighted by Gasteiger charge is 2.36. The molecule has 1 fully saturated rings. The van der Waals surface area contributed by atoms with Gasteiger partial charge in [-0.05, 0) is 36.9 Å². The molecule has 9 heteroatoms. The molecule has 0 spiro atoms. The van der Waals surface area contributed by atoms with Crippen molar-refractivity contribution in [2.75, 3.05) is 13.2 Å². The van der Waals surface area contributed by atoms with Gasteiger partial charge in [-0.2, -0.15) is 0 Å². The Labute approximate surface area is 146 Å². The average molecular weight is 376 g/mol. The number of phenols is 1. The Morgan fingerprint density at radius 1 is 1.39 bits per heavy atom. The second-order valence-corrected chi connectivity index (χ2v) is 6.24. The first-order valence-corrected chi connectivity index (χ1v) is 7.99. The molecule has 1 aromatic rings. The highest BCUT2D eigenvalue weighted by Crippen LogP contribution is 2.37. The number of thioether (sulfide) groups is 1. The summed E-state index contributed by atoms with van der Waals surface area (Å²) in [5, 5.41) is 9.58. The van der Waals surface area contributed by atoms with Gasteiger partial charge in [0.2, 0.25) is 0 Å². The summed E-state index contributed by atoms with van der Waals surface area (Å²) in [5.74, 6) is -1.58. The maximum absolute atomic E-state index is 12.2. The minimum Gasteiger partial charge on any atom is -0.506 e. The second kappa shape index (κ2) is 7.25. The van der Waals surface area contributed by atoms with Crippen molar-refractivity contribution in [3.05, 3.63) is 32.6 Å². The van der Waals surface area contributed by atoms with E-state index in [1.54, 1.807) is 6.92 Å². The van der Waals surface area contributed by atoms with Gasteiger partial charge in [0.05, 0.1) is 16.5 Å². The molecule has 1 aliphatic rings. The van der Waals surface area contributed by atoms with Gasteiger partial charge in [-0.3, -0.25) is 19.3 Å². The minimum atomic E-state index is -0.676. The standard InChI is InChI=1S/C14H11Cl2NO5S/c1-2-22-11(18)6-17-13(20)10(23-14(17)21)4-7-3-8(15)5-9(16)12(7)19/h3-5,19H,2,6H2,1H3/b10-4-. The second-order valence-electron chi connectivity index (χ2n) is 4.40. The van der Waals surface area contributed by atoms with Crippen molar-refractivity contribution in [1.82, 2.24) is 4.90 Å². The number of imide groups is 1. The van der Waals surface area contributed by atoms with Gasteiger partial charge >= 0.3 is 5.97 Å². The number of nitrogens with zero attached hydrogens (tertiary/aromatic N) is 1. The number of ether oxygens (including phenoxy) is 1. The number of benzene rings is 1. The van der Waals surface area contributed by atoms with Gasteiger partial charge in [0.15, 0.2) is 0 Å². The first-order valence-electron chi connectivity index (χ1n) is 6.42. The molecule has 0 bridgehead atoms. The molecule has 0 aliphatic carbocycles. The van der Waals surface area contributed by atoms with Crippen molar-refractivity contribution in [2.24, 2.45) is 0 Å². The van der Waals surface area contributed by atoms with Gasteiger partial charge in [0.25, 0.3) is 11.1 Å². The first kappa shape index (κ1) is 17.7. The van der Waals surface area contributed by atoms with E-state index in [9.17, 15) is 19.5 Å². The van der Waals surface area contributed by atoms with E-state index in [2.05, 4.69) is 0 Å². The van der Waals surface area contributed by atoms with Crippen molar-refractivity contribution in [3.63, 3.8) is 0 Å². The fraction of sp³-hybridized carbons (Fsp3) is 0.214. The van der Waals surface area contributed by atoms with E-state index in [0.29, 0.717) is 11.8 Å². The summed E-state index contributed by atoms with van der Waals surface area (Å²) in [5.41, 5.74) is 0.198. The molecule has 2 rings (SSSR count). The quantitative estimate of drug-likeness (QED) is 0.641. The lowest BCUT2D eigenvalue weighted by atomic mass is 10.2. The lowest BCUT2D eigenvalue weighted by Crippen LogP contribution is -2.34. The van der Waals surface area contributed by atoms with Crippen LogP contribution >= 0.6 is 35.0 Å². The van der Waals surface area contributed by atoms with E-state index in [-0.39, 0.29) is 32.9 Å². The molecule has 0 unspecified atom stereocenters. The van der Waals surface area contributed by atoms with Crippen LogP contribution in [0.3, 0.4) is 0 Å². The van der Waals surface area contributed by atoms with Gasteiger partial charge < -0.3 is 9.84 Å². The summed E-state index contributed by atoms with van der Waals surface area (Å²) in [6, 6.07) is 2.75. The van der Waals surface area contributed by atoms with Crippen LogP contribution in [0.5, 0.6) is 5.75 Å². The van der Waals surface area contributed by atoms with E-state index in [1.165, 1.54) is 18.2 Å². The van der Waals surface area contributed by atoms with Crippen LogP contribution < -0.4 is 0 Å². The summed E-state index contributed by atoms with van der Waals surface area (Å²) in [6.07, 6.45) is 1.29. The van der Waals surface area contributed by atoms with Crippen LogP contribution in [0, 0.1) is 0 Å². The van der Waals surface area contributed by atoms with Gasteiger partial charge in [-0.15, -0.1) is 0 Å². The van der Waals surface area contributed by atoms with Gasteiger partial charge in [0.1, 0.15) is 12.3 Å². The predicted octanol–water partition coefficient (Wildman–Crippen LogP) is 3.30. The number of hydrogen-bond acceptors (Lipinski definition) is 6. The molecule has 1 saturated heterocycles. The number of amides is 2. The number of aromatic hydroxyl groups is 1. The van der Waals surface area contributed by atoms with Crippen LogP contribution in [0.15, 0.2) is 17.0 Å². The molecule has 0 saturated carbocycles. The molecular weight excluding hydrogens is 365 g/mol. The average Bonchev–Trinajstić information content (AvgIpc) is 2.72. The maximum Gasteiger partial charge on any atom is 0.326 e. The molecule has 1 aromatic carbocycles. The third-order valence-electron chi connectivity index (χ3n) is 2.81. The summed E-state index contributed by atoms with van der Waals surface area (Å²) in [7, 11) is 0. The fourth-order valence-electron chi connectivity index (χ4n) is 1.81. The molecule has 0 radical (unpaired) electrons. The SMILES string of the molecule is CCOC(=O)CN1C(=O)S/C(=C\c2cc(Cl)cc(Cl)c2O)C1=O. The Morgan fingerprint density at radius 2 is 2.09 bits per heavy atom. The highest BCUT2D eigenvalue weighted by atomic mass is 35.5. The van der Waals surface area contributed by atoms with E-state index in [0.717, 1.165) is 4.90 Å². The summed E-state index contributed by atoms with van der Waals surface area (Å²) < 4.78 is 4.72. The number of esters is 1. The first-order chi connectivity index (χ1) is 10.8. The lowest BCUT2D eigenvalue weighted by Gasteiger charge is -2.10. The smallest absolute Gasteiger partial charge is 0.326 e. The van der Waals surface area contributed by atoms with Crippen LogP contribution in [0.2, 0.25) is 10.0 Å². The number of carbonyl (C=O) groups is 3. The zero-order valence-electron chi connectivity index (χ0n) is 11.8. The van der Waals surface area contributed by atoms with Gasteiger partial charge in [-0.1, -0.05) is 23.2 Å². The molecule has 122 valence electrons. The number of carbonyl (C=O) groups excluding carboxylic acids is 3. The van der Waals surface area contributed by atoms with Crippen molar-refractivity contribution in [1.29, 1.82) is 0 Å². The van der Waals surface area contributed by atoms with Gasteiger partial charge in [-0.25, -0.2) is 0 Å². The Kier molecular flexibility index (Phi) is 5.56. The molecule has 2 amide bonds. The van der Waals surface area contributed by atoms with E-state index < -0.39 is 23.7 Å². The third kappa shape index (κ3) is 3.99. The van der Waals surface area contributed by atoms with Crippen molar-refractivity contribution in [3.8, 4) is 5.75 Å². The van der Waals surface area contributed by atoms with Crippen molar-refractivity contribution in [2.45, 2.75) is 6.92 Å². The van der Waals surface area contributed by atoms with Crippen LogP contribution in [-0.2, 0) is 14.3 Å². The molecule has 23 heavy (non-hydrogen) atoms. The van der Waals surface area contributed by atoms with Crippen molar-refractivity contribution >= 4 is 58.2 Å². The van der Waals surface area contributed by atoms with Crippen LogP contribution in [0.4, 0.5) is 4.79 Å². The highest BCUT2D eigenvalue weighted by molar-refractivity contribution is 8.18. The number of hydrogen-bond donors (Lipinski definition) is 1. The summed E-state index contributed by atoms with van der Waals surface area (Å²) >= 11 is 12.3. The predicted molar refractivity (Wildman–Crippen MR) is 87.4 cm³/mol. The number of halogens is 2.